The molecule has 1 saturated heterocycles. The average Bonchev–Trinajstić information content (AvgIpc) is 2.74. The molecule has 0 aromatic carbocycles. The zero-order valence-electron chi connectivity index (χ0n) is 10.5. The van der Waals surface area contributed by atoms with Crippen LogP contribution in [0.4, 0.5) is 4.79 Å². The van der Waals surface area contributed by atoms with Gasteiger partial charge in [0.05, 0.1) is 0 Å². The second kappa shape index (κ2) is 5.07. The number of carbonyl (C=O) groups is 1. The number of nitrogens with zero attached hydrogens (tertiary/aromatic N) is 1. The van der Waals surface area contributed by atoms with Gasteiger partial charge in [-0.25, -0.2) is 4.79 Å². The van der Waals surface area contributed by atoms with Crippen molar-refractivity contribution in [1.29, 1.82) is 0 Å². The largest absolute Gasteiger partial charge is 0.335 e. The lowest BCUT2D eigenvalue weighted by Crippen LogP contribution is -2.49. The maximum atomic E-state index is 12.0. The van der Waals surface area contributed by atoms with E-state index in [4.69, 9.17) is 0 Å². The van der Waals surface area contributed by atoms with Crippen LogP contribution in [0.15, 0.2) is 0 Å². The van der Waals surface area contributed by atoms with Gasteiger partial charge in [-0.1, -0.05) is 26.7 Å². The summed E-state index contributed by atoms with van der Waals surface area (Å²) >= 11 is 0. The van der Waals surface area contributed by atoms with E-state index in [1.165, 1.54) is 25.7 Å². The third kappa shape index (κ3) is 2.69. The highest BCUT2D eigenvalue weighted by Crippen LogP contribution is 2.23. The van der Waals surface area contributed by atoms with Gasteiger partial charge in [0.15, 0.2) is 0 Å². The number of piperidine rings is 1. The van der Waals surface area contributed by atoms with Gasteiger partial charge >= 0.3 is 6.03 Å². The van der Waals surface area contributed by atoms with Gasteiger partial charge in [-0.3, -0.25) is 0 Å². The minimum atomic E-state index is 0.172. The summed E-state index contributed by atoms with van der Waals surface area (Å²) in [5.41, 5.74) is 0. The van der Waals surface area contributed by atoms with Gasteiger partial charge in [-0.15, -0.1) is 0 Å². The summed E-state index contributed by atoms with van der Waals surface area (Å²) in [5, 5.41) is 3.17. The third-order valence-corrected chi connectivity index (χ3v) is 4.30. The van der Waals surface area contributed by atoms with E-state index >= 15 is 0 Å². The fourth-order valence-corrected chi connectivity index (χ4v) is 2.78. The van der Waals surface area contributed by atoms with Crippen molar-refractivity contribution in [3.05, 3.63) is 0 Å². The molecule has 0 spiro atoms. The Hall–Kier alpha value is -0.730. The Morgan fingerprint density at radius 1 is 1.12 bits per heavy atom. The first-order valence-electron chi connectivity index (χ1n) is 6.72. The normalized spacial score (nSPS) is 31.8. The second-order valence-corrected chi connectivity index (χ2v) is 5.62. The molecular formula is C13H24N2O. The van der Waals surface area contributed by atoms with Crippen LogP contribution in [0.25, 0.3) is 0 Å². The highest BCUT2D eigenvalue weighted by molar-refractivity contribution is 5.74. The van der Waals surface area contributed by atoms with Crippen LogP contribution in [-0.4, -0.2) is 30.1 Å². The summed E-state index contributed by atoms with van der Waals surface area (Å²) in [6.45, 7) is 6.40. The van der Waals surface area contributed by atoms with E-state index < -0.39 is 0 Å². The third-order valence-electron chi connectivity index (χ3n) is 4.30. The number of likely N-dealkylation sites (tertiary alicyclic amines) is 1. The van der Waals surface area contributed by atoms with E-state index in [1.807, 2.05) is 4.90 Å². The van der Waals surface area contributed by atoms with Crippen LogP contribution in [0, 0.1) is 11.8 Å². The molecule has 2 rings (SSSR count). The maximum Gasteiger partial charge on any atom is 0.317 e. The predicted molar refractivity (Wildman–Crippen MR) is 65.3 cm³/mol. The maximum absolute atomic E-state index is 12.0. The molecule has 0 radical (unpaired) electrons. The fourth-order valence-electron chi connectivity index (χ4n) is 2.78. The average molecular weight is 224 g/mol. The van der Waals surface area contributed by atoms with Crippen LogP contribution in [0.3, 0.4) is 0 Å². The highest BCUT2D eigenvalue weighted by atomic mass is 16.2. The number of hydrogen-bond acceptors (Lipinski definition) is 1. The summed E-state index contributed by atoms with van der Waals surface area (Å²) < 4.78 is 0. The van der Waals surface area contributed by atoms with Crippen LogP contribution < -0.4 is 5.32 Å². The number of carbonyl (C=O) groups excluding carboxylic acids is 1. The number of rotatable bonds is 1. The van der Waals surface area contributed by atoms with Gasteiger partial charge in [0.1, 0.15) is 0 Å². The lowest BCUT2D eigenvalue weighted by Gasteiger charge is -2.35. The number of amides is 2. The molecule has 2 unspecified atom stereocenters. The lowest BCUT2D eigenvalue weighted by molar-refractivity contribution is 0.142. The van der Waals surface area contributed by atoms with E-state index in [-0.39, 0.29) is 6.03 Å². The Morgan fingerprint density at radius 2 is 1.81 bits per heavy atom. The Bertz CT molecular complexity index is 248. The van der Waals surface area contributed by atoms with Gasteiger partial charge in [-0.05, 0) is 31.1 Å². The number of nitrogens with one attached hydrogen (secondary N) is 1. The molecule has 0 aromatic heterocycles. The first-order chi connectivity index (χ1) is 7.66. The molecule has 2 amide bonds. The van der Waals surface area contributed by atoms with E-state index in [0.29, 0.717) is 12.0 Å². The Kier molecular flexibility index (Phi) is 3.72. The first kappa shape index (κ1) is 11.7. The number of urea groups is 1. The molecule has 1 aliphatic carbocycles. The molecular weight excluding hydrogens is 200 g/mol. The van der Waals surface area contributed by atoms with Crippen LogP contribution in [-0.2, 0) is 0 Å². The second-order valence-electron chi connectivity index (χ2n) is 5.62. The quantitative estimate of drug-likeness (QED) is 0.729. The van der Waals surface area contributed by atoms with Crippen molar-refractivity contribution in [3.63, 3.8) is 0 Å². The smallest absolute Gasteiger partial charge is 0.317 e. The molecule has 1 N–H and O–H groups in total. The molecule has 1 heterocycles. The van der Waals surface area contributed by atoms with Crippen molar-refractivity contribution in [1.82, 2.24) is 10.2 Å². The summed E-state index contributed by atoms with van der Waals surface area (Å²) in [7, 11) is 0. The predicted octanol–water partition coefficient (Wildman–Crippen LogP) is 2.62. The Morgan fingerprint density at radius 3 is 2.44 bits per heavy atom. The molecule has 2 aliphatic rings. The summed E-state index contributed by atoms with van der Waals surface area (Å²) in [6.07, 6.45) is 6.05. The van der Waals surface area contributed by atoms with Crippen molar-refractivity contribution >= 4 is 6.03 Å². The van der Waals surface area contributed by atoms with Gasteiger partial charge in [0, 0.05) is 19.1 Å². The van der Waals surface area contributed by atoms with Crippen LogP contribution in [0.5, 0.6) is 0 Å². The van der Waals surface area contributed by atoms with E-state index in [2.05, 4.69) is 19.2 Å². The monoisotopic (exact) mass is 224 g/mol. The van der Waals surface area contributed by atoms with Gasteiger partial charge < -0.3 is 10.2 Å². The molecule has 1 aliphatic heterocycles. The first-order valence-corrected chi connectivity index (χ1v) is 6.72. The summed E-state index contributed by atoms with van der Waals surface area (Å²) in [5.74, 6) is 1.40. The van der Waals surface area contributed by atoms with E-state index in [9.17, 15) is 4.79 Å². The van der Waals surface area contributed by atoms with Crippen molar-refractivity contribution in [2.24, 2.45) is 11.8 Å². The topological polar surface area (TPSA) is 32.3 Å². The zero-order valence-corrected chi connectivity index (χ0v) is 10.5. The van der Waals surface area contributed by atoms with Gasteiger partial charge in [-0.2, -0.15) is 0 Å². The summed E-state index contributed by atoms with van der Waals surface area (Å²) in [6, 6.07) is 0.618. The lowest BCUT2D eigenvalue weighted by atomic mass is 9.89. The molecule has 2 atom stereocenters. The molecule has 0 bridgehead atoms. The van der Waals surface area contributed by atoms with Crippen LogP contribution in [0.2, 0.25) is 0 Å². The van der Waals surface area contributed by atoms with Crippen molar-refractivity contribution in [2.45, 2.75) is 52.0 Å². The molecule has 0 aromatic rings. The van der Waals surface area contributed by atoms with Crippen molar-refractivity contribution in [3.8, 4) is 0 Å². The SMILES string of the molecule is CC1CCN(C(=O)NC2CCCC2)CC1C. The number of hydrogen-bond donors (Lipinski definition) is 1. The molecule has 3 nitrogen and oxygen atoms in total. The minimum Gasteiger partial charge on any atom is -0.335 e. The van der Waals surface area contributed by atoms with E-state index in [0.717, 1.165) is 25.4 Å². The van der Waals surface area contributed by atoms with Crippen molar-refractivity contribution < 1.29 is 4.79 Å². The zero-order chi connectivity index (χ0) is 11.5. The van der Waals surface area contributed by atoms with Crippen molar-refractivity contribution in [2.75, 3.05) is 13.1 Å². The fraction of sp³-hybridized carbons (Fsp3) is 0.923. The van der Waals surface area contributed by atoms with Crippen LogP contribution in [0.1, 0.15) is 46.0 Å². The molecule has 2 fully saturated rings. The highest BCUT2D eigenvalue weighted by Gasteiger charge is 2.27. The molecule has 3 heteroatoms. The standard InChI is InChI=1S/C13H24N2O/c1-10-7-8-15(9-11(10)2)13(16)14-12-5-3-4-6-12/h10-12H,3-9H2,1-2H3,(H,14,16). The summed E-state index contributed by atoms with van der Waals surface area (Å²) in [4.78, 5) is 14.0. The molecule has 92 valence electrons. The Balaban J connectivity index is 1.80. The molecule has 1 saturated carbocycles. The van der Waals surface area contributed by atoms with Gasteiger partial charge in [0.25, 0.3) is 0 Å². The van der Waals surface area contributed by atoms with Gasteiger partial charge in [0.2, 0.25) is 0 Å². The van der Waals surface area contributed by atoms with Crippen LogP contribution >= 0.6 is 0 Å². The Labute approximate surface area is 98.6 Å². The molecule has 16 heavy (non-hydrogen) atoms. The minimum absolute atomic E-state index is 0.172. The van der Waals surface area contributed by atoms with E-state index in [1.54, 1.807) is 0 Å².